The van der Waals surface area contributed by atoms with Gasteiger partial charge in [-0.3, -0.25) is 4.79 Å². The van der Waals surface area contributed by atoms with Crippen LogP contribution >= 0.6 is 0 Å². The second kappa shape index (κ2) is 6.33. The van der Waals surface area contributed by atoms with Crippen molar-refractivity contribution in [1.29, 1.82) is 0 Å². The highest BCUT2D eigenvalue weighted by molar-refractivity contribution is 5.78. The molecule has 1 aromatic heterocycles. The van der Waals surface area contributed by atoms with E-state index in [1.807, 2.05) is 0 Å². The van der Waals surface area contributed by atoms with Crippen LogP contribution in [0.2, 0.25) is 0 Å². The third kappa shape index (κ3) is 3.20. The molecule has 0 radical (unpaired) electrons. The first kappa shape index (κ1) is 14.8. The van der Waals surface area contributed by atoms with E-state index >= 15 is 0 Å². The van der Waals surface area contributed by atoms with Crippen molar-refractivity contribution < 1.29 is 14.1 Å². The van der Waals surface area contributed by atoms with Gasteiger partial charge in [0.2, 0.25) is 11.8 Å². The minimum absolute atomic E-state index is 0.0822. The molecule has 8 heteroatoms. The summed E-state index contributed by atoms with van der Waals surface area (Å²) in [5.41, 5.74) is 0. The van der Waals surface area contributed by atoms with E-state index in [0.29, 0.717) is 24.6 Å². The number of carbonyl (C=O) groups is 2. The molecule has 3 amide bonds. The maximum absolute atomic E-state index is 11.8. The molecule has 1 aliphatic carbocycles. The van der Waals surface area contributed by atoms with Crippen LogP contribution in [0, 0.1) is 0 Å². The topological polar surface area (TPSA) is 100 Å². The number of nitrogens with zero attached hydrogens (tertiary/aromatic N) is 3. The molecule has 1 saturated carbocycles. The second-order valence-electron chi connectivity index (χ2n) is 5.92. The molecule has 0 spiro atoms. The third-order valence-electron chi connectivity index (χ3n) is 4.36. The standard InChI is InChI=1S/C14H21N5O3/c1-19-10(6-7-12(19)20)13-17-11(18-22-13)8-15-14(21)16-9-4-2-3-5-9/h9-10H,2-8H2,1H3,(H2,15,16,21)/t10-/m0/s1. The second-order valence-corrected chi connectivity index (χ2v) is 5.92. The predicted molar refractivity (Wildman–Crippen MR) is 76.7 cm³/mol. The Hall–Kier alpha value is -2.12. The number of likely N-dealkylation sites (tertiary alicyclic amines) is 1. The van der Waals surface area contributed by atoms with Gasteiger partial charge in [-0.2, -0.15) is 4.98 Å². The monoisotopic (exact) mass is 307 g/mol. The first-order valence-corrected chi connectivity index (χ1v) is 7.76. The summed E-state index contributed by atoms with van der Waals surface area (Å²) < 4.78 is 5.21. The number of aromatic nitrogens is 2. The highest BCUT2D eigenvalue weighted by atomic mass is 16.5. The lowest BCUT2D eigenvalue weighted by atomic mass is 10.2. The van der Waals surface area contributed by atoms with Gasteiger partial charge in [0.25, 0.3) is 0 Å². The van der Waals surface area contributed by atoms with Crippen molar-refractivity contribution in [3.63, 3.8) is 0 Å². The number of hydrogen-bond donors (Lipinski definition) is 2. The Bertz CT molecular complexity index is 552. The fourth-order valence-corrected chi connectivity index (χ4v) is 3.03. The highest BCUT2D eigenvalue weighted by Crippen LogP contribution is 2.29. The van der Waals surface area contributed by atoms with Gasteiger partial charge in [0.05, 0.1) is 6.54 Å². The Labute approximate surface area is 128 Å². The van der Waals surface area contributed by atoms with E-state index in [9.17, 15) is 9.59 Å². The minimum atomic E-state index is -0.202. The highest BCUT2D eigenvalue weighted by Gasteiger charge is 2.33. The van der Waals surface area contributed by atoms with Gasteiger partial charge in [0.15, 0.2) is 5.82 Å². The molecule has 2 fully saturated rings. The maximum atomic E-state index is 11.8. The molecule has 3 rings (SSSR count). The lowest BCUT2D eigenvalue weighted by Crippen LogP contribution is -2.40. The Kier molecular flexibility index (Phi) is 4.26. The Morgan fingerprint density at radius 1 is 1.36 bits per heavy atom. The van der Waals surface area contributed by atoms with Gasteiger partial charge in [-0.1, -0.05) is 18.0 Å². The molecule has 22 heavy (non-hydrogen) atoms. The molecule has 2 heterocycles. The van der Waals surface area contributed by atoms with E-state index in [-0.39, 0.29) is 30.6 Å². The van der Waals surface area contributed by atoms with Crippen LogP contribution < -0.4 is 10.6 Å². The average molecular weight is 307 g/mol. The smallest absolute Gasteiger partial charge is 0.315 e. The number of rotatable bonds is 4. The normalized spacial score (nSPS) is 22.3. The number of carbonyl (C=O) groups excluding carboxylic acids is 2. The van der Waals surface area contributed by atoms with Crippen LogP contribution in [0.5, 0.6) is 0 Å². The van der Waals surface area contributed by atoms with Gasteiger partial charge in [-0.25, -0.2) is 4.79 Å². The van der Waals surface area contributed by atoms with E-state index in [1.54, 1.807) is 11.9 Å². The van der Waals surface area contributed by atoms with Gasteiger partial charge in [-0.05, 0) is 19.3 Å². The first-order chi connectivity index (χ1) is 10.6. The quantitative estimate of drug-likeness (QED) is 0.867. The molecule has 1 aromatic rings. The summed E-state index contributed by atoms with van der Waals surface area (Å²) in [5.74, 6) is 0.935. The average Bonchev–Trinajstić information content (AvgIpc) is 3.21. The van der Waals surface area contributed by atoms with Gasteiger partial charge in [-0.15, -0.1) is 0 Å². The zero-order valence-corrected chi connectivity index (χ0v) is 12.7. The van der Waals surface area contributed by atoms with Crippen LogP contribution in [0.3, 0.4) is 0 Å². The van der Waals surface area contributed by atoms with Crippen LogP contribution in [-0.4, -0.2) is 40.1 Å². The molecule has 0 aromatic carbocycles. The maximum Gasteiger partial charge on any atom is 0.315 e. The number of hydrogen-bond acceptors (Lipinski definition) is 5. The lowest BCUT2D eigenvalue weighted by molar-refractivity contribution is -0.127. The van der Waals surface area contributed by atoms with Crippen molar-refractivity contribution in [2.24, 2.45) is 0 Å². The van der Waals surface area contributed by atoms with Crippen LogP contribution in [0.25, 0.3) is 0 Å². The molecule has 2 aliphatic rings. The van der Waals surface area contributed by atoms with Crippen molar-refractivity contribution in [1.82, 2.24) is 25.7 Å². The van der Waals surface area contributed by atoms with Gasteiger partial charge >= 0.3 is 6.03 Å². The Morgan fingerprint density at radius 2 is 2.14 bits per heavy atom. The first-order valence-electron chi connectivity index (χ1n) is 7.76. The van der Waals surface area contributed by atoms with Crippen molar-refractivity contribution in [3.8, 4) is 0 Å². The van der Waals surface area contributed by atoms with E-state index in [4.69, 9.17) is 4.52 Å². The van der Waals surface area contributed by atoms with E-state index in [2.05, 4.69) is 20.8 Å². The summed E-state index contributed by atoms with van der Waals surface area (Å²) in [5, 5.41) is 9.53. The molecule has 1 saturated heterocycles. The summed E-state index contributed by atoms with van der Waals surface area (Å²) in [6, 6.07) is -0.0774. The summed E-state index contributed by atoms with van der Waals surface area (Å²) in [7, 11) is 1.73. The van der Waals surface area contributed by atoms with Crippen molar-refractivity contribution in [3.05, 3.63) is 11.7 Å². The Balaban J connectivity index is 1.49. The summed E-state index contributed by atoms with van der Waals surface area (Å²) in [6.45, 7) is 0.215. The van der Waals surface area contributed by atoms with Crippen molar-refractivity contribution in [2.75, 3.05) is 7.05 Å². The van der Waals surface area contributed by atoms with Gasteiger partial charge < -0.3 is 20.1 Å². The molecule has 1 atom stereocenters. The molecule has 0 bridgehead atoms. The van der Waals surface area contributed by atoms with Gasteiger partial charge in [0.1, 0.15) is 6.04 Å². The molecule has 0 unspecified atom stereocenters. The largest absolute Gasteiger partial charge is 0.337 e. The van der Waals surface area contributed by atoms with Crippen LogP contribution in [0.4, 0.5) is 4.79 Å². The Morgan fingerprint density at radius 3 is 2.82 bits per heavy atom. The fraction of sp³-hybridized carbons (Fsp3) is 0.714. The molecule has 120 valence electrons. The number of urea groups is 1. The van der Waals surface area contributed by atoms with Crippen molar-refractivity contribution in [2.45, 2.75) is 57.2 Å². The summed E-state index contributed by atoms with van der Waals surface area (Å²) >= 11 is 0. The fourth-order valence-electron chi connectivity index (χ4n) is 3.03. The third-order valence-corrected chi connectivity index (χ3v) is 4.36. The predicted octanol–water partition coefficient (Wildman–Crippen LogP) is 1.10. The SMILES string of the molecule is CN1C(=O)CC[C@H]1c1nc(CNC(=O)NC2CCCC2)no1. The number of amides is 3. The van der Waals surface area contributed by atoms with Crippen LogP contribution in [-0.2, 0) is 11.3 Å². The summed E-state index contributed by atoms with van der Waals surface area (Å²) in [6.07, 6.45) is 5.62. The zero-order valence-electron chi connectivity index (χ0n) is 12.7. The van der Waals surface area contributed by atoms with E-state index in [1.165, 1.54) is 12.8 Å². The number of nitrogens with one attached hydrogen (secondary N) is 2. The van der Waals surface area contributed by atoms with Crippen molar-refractivity contribution >= 4 is 11.9 Å². The van der Waals surface area contributed by atoms with Gasteiger partial charge in [0, 0.05) is 19.5 Å². The van der Waals surface area contributed by atoms with Crippen LogP contribution in [0.1, 0.15) is 56.3 Å². The molecule has 8 nitrogen and oxygen atoms in total. The van der Waals surface area contributed by atoms with Crippen LogP contribution in [0.15, 0.2) is 4.52 Å². The van der Waals surface area contributed by atoms with E-state index in [0.717, 1.165) is 12.8 Å². The lowest BCUT2D eigenvalue weighted by Gasteiger charge is -2.15. The molecule has 1 aliphatic heterocycles. The zero-order chi connectivity index (χ0) is 15.5. The molecular weight excluding hydrogens is 286 g/mol. The summed E-state index contributed by atoms with van der Waals surface area (Å²) in [4.78, 5) is 29.2. The molecular formula is C14H21N5O3. The molecule has 2 N–H and O–H groups in total. The van der Waals surface area contributed by atoms with E-state index < -0.39 is 0 Å². The minimum Gasteiger partial charge on any atom is -0.337 e.